The van der Waals surface area contributed by atoms with Gasteiger partial charge in [0, 0.05) is 25.2 Å². The van der Waals surface area contributed by atoms with Crippen molar-refractivity contribution in [2.45, 2.75) is 57.1 Å². The Bertz CT molecular complexity index is 571. The molecule has 2 aliphatic rings. The maximum Gasteiger partial charge on any atom is 0.124 e. The smallest absolute Gasteiger partial charge is 0.124 e. The molecule has 140 valence electrons. The predicted molar refractivity (Wildman–Crippen MR) is 93.4 cm³/mol. The highest BCUT2D eigenvalue weighted by molar-refractivity contribution is 5.37. The van der Waals surface area contributed by atoms with E-state index in [9.17, 15) is 15.3 Å². The number of nitrogens with zero attached hydrogens (tertiary/aromatic N) is 1. The summed E-state index contributed by atoms with van der Waals surface area (Å²) in [6, 6.07) is 5.94. The lowest BCUT2D eigenvalue weighted by Gasteiger charge is -2.48. The number of aliphatic hydroxyl groups is 3. The molecule has 0 saturated carbocycles. The van der Waals surface area contributed by atoms with Crippen LogP contribution in [0.4, 0.5) is 0 Å². The van der Waals surface area contributed by atoms with E-state index in [1.54, 1.807) is 0 Å². The lowest BCUT2D eigenvalue weighted by molar-refractivity contribution is -0.214. The average Bonchev–Trinajstić information content (AvgIpc) is 2.63. The van der Waals surface area contributed by atoms with Gasteiger partial charge >= 0.3 is 0 Å². The van der Waals surface area contributed by atoms with Gasteiger partial charge in [-0.2, -0.15) is 0 Å². The number of piperidine rings is 1. The molecule has 2 heterocycles. The third kappa shape index (κ3) is 3.99. The average molecular weight is 351 g/mol. The molecule has 2 saturated heterocycles. The molecule has 2 fully saturated rings. The van der Waals surface area contributed by atoms with E-state index in [1.807, 2.05) is 25.1 Å². The molecule has 6 heteroatoms. The van der Waals surface area contributed by atoms with Gasteiger partial charge in [0.25, 0.3) is 0 Å². The fraction of sp³-hybridized carbons (Fsp3) is 0.684. The Morgan fingerprint density at radius 3 is 2.72 bits per heavy atom. The maximum atomic E-state index is 10.3. The molecule has 3 N–H and O–H groups in total. The van der Waals surface area contributed by atoms with Crippen molar-refractivity contribution < 1.29 is 24.8 Å². The number of aliphatic hydroxyl groups excluding tert-OH is 3. The van der Waals surface area contributed by atoms with Crippen LogP contribution in [0, 0.1) is 0 Å². The topological polar surface area (TPSA) is 82.4 Å². The summed E-state index contributed by atoms with van der Waals surface area (Å²) in [6.07, 6.45) is 0.459. The first-order valence-electron chi connectivity index (χ1n) is 9.16. The van der Waals surface area contributed by atoms with Crippen molar-refractivity contribution in [3.63, 3.8) is 0 Å². The summed E-state index contributed by atoms with van der Waals surface area (Å²) in [7, 11) is 0. The van der Waals surface area contributed by atoms with Crippen LogP contribution >= 0.6 is 0 Å². The largest absolute Gasteiger partial charge is 0.494 e. The molecule has 0 amide bonds. The van der Waals surface area contributed by atoms with E-state index in [1.165, 1.54) is 0 Å². The Hall–Kier alpha value is -1.18. The first-order valence-corrected chi connectivity index (χ1v) is 9.16. The minimum absolute atomic E-state index is 0.0375. The van der Waals surface area contributed by atoms with E-state index in [0.717, 1.165) is 49.4 Å². The number of benzene rings is 1. The van der Waals surface area contributed by atoms with E-state index in [-0.39, 0.29) is 6.61 Å². The normalized spacial score (nSPS) is 26.7. The SMILES string of the molecule is CCOc1ccc(CN2CCC3(CC2)OCC[C@H](O)[C@@H]3O)cc1CO. The number of hydrogen-bond donors (Lipinski definition) is 3. The first-order chi connectivity index (χ1) is 12.1. The minimum atomic E-state index is -0.796. The van der Waals surface area contributed by atoms with Crippen LogP contribution in [-0.2, 0) is 17.9 Å². The maximum absolute atomic E-state index is 10.3. The van der Waals surface area contributed by atoms with E-state index >= 15 is 0 Å². The molecule has 0 aromatic heterocycles. The zero-order valence-corrected chi connectivity index (χ0v) is 14.9. The fourth-order valence-electron chi connectivity index (χ4n) is 3.92. The molecule has 1 spiro atoms. The van der Waals surface area contributed by atoms with Crippen LogP contribution in [0.3, 0.4) is 0 Å². The standard InChI is InChI=1S/C19H29NO5/c1-2-24-17-4-3-14(11-15(17)13-21)12-20-8-6-19(7-9-20)18(23)16(22)5-10-25-19/h3-4,11,16,18,21-23H,2,5-10,12-13H2,1H3/t16-,18-/m0/s1. The predicted octanol–water partition coefficient (Wildman–Crippen LogP) is 1.05. The summed E-state index contributed by atoms with van der Waals surface area (Å²) in [5, 5.41) is 29.8. The Morgan fingerprint density at radius 2 is 2.04 bits per heavy atom. The highest BCUT2D eigenvalue weighted by atomic mass is 16.5. The Labute approximate surface area is 149 Å². The monoisotopic (exact) mass is 351 g/mol. The molecule has 0 unspecified atom stereocenters. The lowest BCUT2D eigenvalue weighted by atomic mass is 9.80. The molecule has 3 rings (SSSR count). The van der Waals surface area contributed by atoms with Crippen molar-refractivity contribution in [3.8, 4) is 5.75 Å². The van der Waals surface area contributed by atoms with Gasteiger partial charge in [0.1, 0.15) is 11.9 Å². The van der Waals surface area contributed by atoms with E-state index in [2.05, 4.69) is 4.90 Å². The summed E-state index contributed by atoms with van der Waals surface area (Å²) >= 11 is 0. The third-order valence-electron chi connectivity index (χ3n) is 5.41. The second-order valence-corrected chi connectivity index (χ2v) is 7.02. The number of likely N-dealkylation sites (tertiary alicyclic amines) is 1. The van der Waals surface area contributed by atoms with E-state index in [0.29, 0.717) is 19.6 Å². The van der Waals surface area contributed by atoms with Crippen LogP contribution in [0.25, 0.3) is 0 Å². The van der Waals surface area contributed by atoms with Gasteiger partial charge in [-0.15, -0.1) is 0 Å². The highest BCUT2D eigenvalue weighted by Crippen LogP contribution is 2.36. The molecule has 1 aromatic rings. The van der Waals surface area contributed by atoms with Crippen LogP contribution in [0.2, 0.25) is 0 Å². The first kappa shape index (κ1) is 18.6. The van der Waals surface area contributed by atoms with Gasteiger partial charge in [-0.25, -0.2) is 0 Å². The van der Waals surface area contributed by atoms with Gasteiger partial charge in [0.15, 0.2) is 0 Å². The van der Waals surface area contributed by atoms with Gasteiger partial charge in [0.2, 0.25) is 0 Å². The van der Waals surface area contributed by atoms with Gasteiger partial charge in [-0.05, 0) is 43.9 Å². The zero-order valence-electron chi connectivity index (χ0n) is 14.9. The second kappa shape index (κ2) is 8.01. The molecule has 25 heavy (non-hydrogen) atoms. The minimum Gasteiger partial charge on any atom is -0.494 e. The summed E-state index contributed by atoms with van der Waals surface area (Å²) in [5.74, 6) is 0.735. The molecule has 2 atom stereocenters. The van der Waals surface area contributed by atoms with Gasteiger partial charge < -0.3 is 24.8 Å². The molecule has 1 aromatic carbocycles. The van der Waals surface area contributed by atoms with Crippen molar-refractivity contribution in [1.82, 2.24) is 4.90 Å². The quantitative estimate of drug-likeness (QED) is 0.736. The van der Waals surface area contributed by atoms with Crippen molar-refractivity contribution in [2.75, 3.05) is 26.3 Å². The van der Waals surface area contributed by atoms with Crippen molar-refractivity contribution in [2.24, 2.45) is 0 Å². The van der Waals surface area contributed by atoms with Crippen molar-refractivity contribution in [3.05, 3.63) is 29.3 Å². The number of rotatable bonds is 5. The molecular formula is C19H29NO5. The van der Waals surface area contributed by atoms with Crippen LogP contribution in [-0.4, -0.2) is 64.3 Å². The number of hydrogen-bond acceptors (Lipinski definition) is 6. The summed E-state index contributed by atoms with van der Waals surface area (Å²) in [6.45, 7) is 5.39. The van der Waals surface area contributed by atoms with E-state index < -0.39 is 17.8 Å². The van der Waals surface area contributed by atoms with Crippen LogP contribution in [0.1, 0.15) is 37.3 Å². The van der Waals surface area contributed by atoms with E-state index in [4.69, 9.17) is 9.47 Å². The van der Waals surface area contributed by atoms with Crippen molar-refractivity contribution in [1.29, 1.82) is 0 Å². The third-order valence-corrected chi connectivity index (χ3v) is 5.41. The molecular weight excluding hydrogens is 322 g/mol. The van der Waals surface area contributed by atoms with Crippen molar-refractivity contribution >= 4 is 0 Å². The molecule has 0 aliphatic carbocycles. The second-order valence-electron chi connectivity index (χ2n) is 7.02. The van der Waals surface area contributed by atoms with Gasteiger partial charge in [-0.3, -0.25) is 4.90 Å². The van der Waals surface area contributed by atoms with Crippen LogP contribution < -0.4 is 4.74 Å². The molecule has 6 nitrogen and oxygen atoms in total. The Morgan fingerprint density at radius 1 is 1.28 bits per heavy atom. The highest BCUT2D eigenvalue weighted by Gasteiger charge is 2.47. The summed E-state index contributed by atoms with van der Waals surface area (Å²) < 4.78 is 11.4. The summed E-state index contributed by atoms with van der Waals surface area (Å²) in [5.41, 5.74) is 1.35. The van der Waals surface area contributed by atoms with Crippen LogP contribution in [0.15, 0.2) is 18.2 Å². The fourth-order valence-corrected chi connectivity index (χ4v) is 3.92. The Balaban J connectivity index is 1.60. The molecule has 0 bridgehead atoms. The van der Waals surface area contributed by atoms with Crippen LogP contribution in [0.5, 0.6) is 5.75 Å². The zero-order chi connectivity index (χ0) is 17.9. The molecule has 2 aliphatic heterocycles. The Kier molecular flexibility index (Phi) is 5.96. The van der Waals surface area contributed by atoms with Gasteiger partial charge in [-0.1, -0.05) is 6.07 Å². The summed E-state index contributed by atoms with van der Waals surface area (Å²) in [4.78, 5) is 2.32. The molecule has 0 radical (unpaired) electrons. The lowest BCUT2D eigenvalue weighted by Crippen LogP contribution is -2.59. The number of ether oxygens (including phenoxy) is 2. The van der Waals surface area contributed by atoms with Gasteiger partial charge in [0.05, 0.1) is 31.5 Å².